The van der Waals surface area contributed by atoms with E-state index in [1.54, 1.807) is 19.2 Å². The minimum absolute atomic E-state index is 0.145. The van der Waals surface area contributed by atoms with Crippen LogP contribution in [-0.4, -0.2) is 25.7 Å². The molecule has 0 saturated heterocycles. The maximum absolute atomic E-state index is 12.7. The number of amides is 1. The van der Waals surface area contributed by atoms with Gasteiger partial charge in [0.05, 0.1) is 13.1 Å². The molecule has 2 aromatic heterocycles. The zero-order valence-corrected chi connectivity index (χ0v) is 16.1. The number of thiophene rings is 1. The summed E-state index contributed by atoms with van der Waals surface area (Å²) in [6.07, 6.45) is 1.13. The zero-order chi connectivity index (χ0) is 18.2. The summed E-state index contributed by atoms with van der Waals surface area (Å²) in [7, 11) is -2.04. The molecular formula is C17H22N2O4S2. The fourth-order valence-corrected chi connectivity index (χ4v) is 5.30. The van der Waals surface area contributed by atoms with Gasteiger partial charge in [0.25, 0.3) is 10.0 Å². The van der Waals surface area contributed by atoms with Crippen molar-refractivity contribution in [2.75, 3.05) is 7.05 Å². The first-order chi connectivity index (χ1) is 11.8. The van der Waals surface area contributed by atoms with Gasteiger partial charge in [-0.15, -0.1) is 11.3 Å². The lowest BCUT2D eigenvalue weighted by Crippen LogP contribution is -2.25. The largest absolute Gasteiger partial charge is 0.464 e. The molecule has 8 heteroatoms. The van der Waals surface area contributed by atoms with E-state index in [0.717, 1.165) is 17.1 Å². The minimum atomic E-state index is -3.58. The van der Waals surface area contributed by atoms with Crippen molar-refractivity contribution in [3.63, 3.8) is 0 Å². The second-order valence-corrected chi connectivity index (χ2v) is 9.96. The molecule has 2 aromatic rings. The average molecular weight is 383 g/mol. The summed E-state index contributed by atoms with van der Waals surface area (Å²) in [4.78, 5) is 11.8. The fraction of sp³-hybridized carbons (Fsp3) is 0.471. The highest BCUT2D eigenvalue weighted by molar-refractivity contribution is 7.91. The molecule has 136 valence electrons. The van der Waals surface area contributed by atoms with Crippen LogP contribution < -0.4 is 5.32 Å². The van der Waals surface area contributed by atoms with E-state index in [1.807, 2.05) is 12.1 Å². The molecular weight excluding hydrogens is 360 g/mol. The molecule has 0 aliphatic heterocycles. The van der Waals surface area contributed by atoms with Crippen molar-refractivity contribution in [3.8, 4) is 0 Å². The van der Waals surface area contributed by atoms with Crippen molar-refractivity contribution in [1.29, 1.82) is 0 Å². The van der Waals surface area contributed by atoms with Gasteiger partial charge >= 0.3 is 0 Å². The Labute approximate surface area is 151 Å². The Morgan fingerprint density at radius 2 is 2.08 bits per heavy atom. The molecule has 6 nitrogen and oxygen atoms in total. The van der Waals surface area contributed by atoms with Crippen LogP contribution in [0.25, 0.3) is 0 Å². The molecule has 25 heavy (non-hydrogen) atoms. The monoisotopic (exact) mass is 382 g/mol. The van der Waals surface area contributed by atoms with Gasteiger partial charge in [-0.05, 0) is 36.6 Å². The topological polar surface area (TPSA) is 79.6 Å². The van der Waals surface area contributed by atoms with E-state index in [9.17, 15) is 13.2 Å². The number of hydrogen-bond acceptors (Lipinski definition) is 5. The van der Waals surface area contributed by atoms with Crippen LogP contribution >= 0.6 is 11.3 Å². The van der Waals surface area contributed by atoms with Gasteiger partial charge in [0.15, 0.2) is 0 Å². The van der Waals surface area contributed by atoms with Crippen LogP contribution in [0.3, 0.4) is 0 Å². The number of nitrogens with one attached hydrogen (secondary N) is 1. The Morgan fingerprint density at radius 1 is 1.36 bits per heavy atom. The van der Waals surface area contributed by atoms with E-state index >= 15 is 0 Å². The van der Waals surface area contributed by atoms with Crippen molar-refractivity contribution < 1.29 is 17.6 Å². The van der Waals surface area contributed by atoms with E-state index in [1.165, 1.54) is 22.6 Å². The first-order valence-corrected chi connectivity index (χ1v) is 10.4. The lowest BCUT2D eigenvalue weighted by molar-refractivity contribution is -0.119. The van der Waals surface area contributed by atoms with Gasteiger partial charge in [-0.25, -0.2) is 8.42 Å². The Kier molecular flexibility index (Phi) is 5.04. The van der Waals surface area contributed by atoms with Crippen molar-refractivity contribution >= 4 is 27.3 Å². The predicted octanol–water partition coefficient (Wildman–Crippen LogP) is 2.92. The van der Waals surface area contributed by atoms with Gasteiger partial charge in [-0.1, -0.05) is 6.92 Å². The highest BCUT2D eigenvalue weighted by Crippen LogP contribution is 2.47. The van der Waals surface area contributed by atoms with Gasteiger partial charge in [0.1, 0.15) is 15.7 Å². The molecule has 2 heterocycles. The smallest absolute Gasteiger partial charge is 0.252 e. The number of carbonyl (C=O) groups is 1. The normalized spacial score (nSPS) is 20.0. The number of nitrogens with zero attached hydrogens (tertiary/aromatic N) is 1. The lowest BCUT2D eigenvalue weighted by atomic mass is 10.3. The Balaban J connectivity index is 1.66. The molecule has 2 atom stereocenters. The van der Waals surface area contributed by atoms with Crippen LogP contribution in [0.1, 0.15) is 42.6 Å². The van der Waals surface area contributed by atoms with Crippen molar-refractivity contribution in [2.24, 2.45) is 5.92 Å². The van der Waals surface area contributed by atoms with Crippen LogP contribution in [0.5, 0.6) is 0 Å². The van der Waals surface area contributed by atoms with E-state index in [4.69, 9.17) is 4.42 Å². The number of hydrogen-bond donors (Lipinski definition) is 1. The SMILES string of the molecule is CC(=O)NCc1ccc(S(=O)(=O)N(C)Cc2ccc([C@H]3C[C@@H]3C)o2)s1. The summed E-state index contributed by atoms with van der Waals surface area (Å²) >= 11 is 1.17. The molecule has 1 N–H and O–H groups in total. The average Bonchev–Trinajstić information content (AvgIpc) is 2.95. The molecule has 3 rings (SSSR count). The van der Waals surface area contributed by atoms with Crippen LogP contribution in [0.4, 0.5) is 0 Å². The molecule has 0 spiro atoms. The summed E-state index contributed by atoms with van der Waals surface area (Å²) in [6, 6.07) is 7.09. The Bertz CT molecular complexity index is 869. The van der Waals surface area contributed by atoms with Crippen LogP contribution in [0, 0.1) is 5.92 Å². The van der Waals surface area contributed by atoms with Gasteiger partial charge in [0.2, 0.25) is 5.91 Å². The zero-order valence-electron chi connectivity index (χ0n) is 14.5. The van der Waals surface area contributed by atoms with Crippen molar-refractivity contribution in [1.82, 2.24) is 9.62 Å². The lowest BCUT2D eigenvalue weighted by Gasteiger charge is -2.14. The predicted molar refractivity (Wildman–Crippen MR) is 95.7 cm³/mol. The summed E-state index contributed by atoms with van der Waals surface area (Å²) < 4.78 is 32.8. The Hall–Kier alpha value is -1.64. The summed E-state index contributed by atoms with van der Waals surface area (Å²) in [5, 5.41) is 2.67. The van der Waals surface area contributed by atoms with Crippen molar-refractivity contribution in [3.05, 3.63) is 40.7 Å². The van der Waals surface area contributed by atoms with Crippen LogP contribution in [0.15, 0.2) is 32.9 Å². The van der Waals surface area contributed by atoms with Gasteiger partial charge in [-0.2, -0.15) is 4.31 Å². The standard InChI is InChI=1S/C17H22N2O4S2/c1-11-8-15(11)16-6-4-13(23-16)10-19(3)25(21,22)17-7-5-14(24-17)9-18-12(2)20/h4-7,11,15H,8-10H2,1-3H3,(H,18,20)/t11-,15-/m0/s1. The molecule has 1 amide bonds. The van der Waals surface area contributed by atoms with Crippen LogP contribution in [-0.2, 0) is 27.9 Å². The maximum Gasteiger partial charge on any atom is 0.252 e. The maximum atomic E-state index is 12.7. The molecule has 0 bridgehead atoms. The van der Waals surface area contributed by atoms with Crippen molar-refractivity contribution in [2.45, 2.75) is 43.5 Å². The highest BCUT2D eigenvalue weighted by atomic mass is 32.2. The van der Waals surface area contributed by atoms with Gasteiger partial charge in [-0.3, -0.25) is 4.79 Å². The molecule has 0 aromatic carbocycles. The number of sulfonamides is 1. The molecule has 1 saturated carbocycles. The molecule has 1 aliphatic rings. The first-order valence-electron chi connectivity index (χ1n) is 8.15. The summed E-state index contributed by atoms with van der Waals surface area (Å²) in [5.74, 6) is 2.57. The molecule has 1 aliphatic carbocycles. The number of carbonyl (C=O) groups excluding carboxylic acids is 1. The number of rotatable bonds is 7. The fourth-order valence-electron chi connectivity index (χ4n) is 2.66. The minimum Gasteiger partial charge on any atom is -0.464 e. The van der Waals surface area contributed by atoms with Gasteiger partial charge < -0.3 is 9.73 Å². The third kappa shape index (κ3) is 4.13. The third-order valence-electron chi connectivity index (χ3n) is 4.35. The summed E-state index contributed by atoms with van der Waals surface area (Å²) in [5.41, 5.74) is 0. The third-order valence-corrected chi connectivity index (χ3v) is 7.71. The van der Waals surface area contributed by atoms with E-state index in [-0.39, 0.29) is 16.7 Å². The van der Waals surface area contributed by atoms with E-state index < -0.39 is 10.0 Å². The second kappa shape index (κ2) is 6.93. The molecule has 0 unspecified atom stereocenters. The highest BCUT2D eigenvalue weighted by Gasteiger charge is 2.36. The quantitative estimate of drug-likeness (QED) is 0.798. The second-order valence-electron chi connectivity index (χ2n) is 6.52. The van der Waals surface area contributed by atoms with E-state index in [0.29, 0.717) is 24.1 Å². The summed E-state index contributed by atoms with van der Waals surface area (Å²) in [6.45, 7) is 4.14. The Morgan fingerprint density at radius 3 is 2.72 bits per heavy atom. The molecule has 1 fully saturated rings. The first kappa shape index (κ1) is 18.2. The van der Waals surface area contributed by atoms with Gasteiger partial charge in [0, 0.05) is 24.8 Å². The van der Waals surface area contributed by atoms with Crippen LogP contribution in [0.2, 0.25) is 0 Å². The van der Waals surface area contributed by atoms with E-state index in [2.05, 4.69) is 12.2 Å². The number of furan rings is 1. The molecule has 0 radical (unpaired) electrons.